The molecule has 4 rings (SSSR count). The van der Waals surface area contributed by atoms with Gasteiger partial charge in [0.2, 0.25) is 5.91 Å². The van der Waals surface area contributed by atoms with E-state index in [1.54, 1.807) is 4.68 Å². The zero-order chi connectivity index (χ0) is 24.6. The zero-order valence-corrected chi connectivity index (χ0v) is 18.9. The number of hydrogen-bond acceptors (Lipinski definition) is 3. The zero-order valence-electron chi connectivity index (χ0n) is 18.9. The van der Waals surface area contributed by atoms with E-state index in [9.17, 15) is 18.4 Å². The number of hydrogen-bond donors (Lipinski definition) is 2. The molecular weight excluding hydrogens is 450 g/mol. The predicted octanol–water partition coefficient (Wildman–Crippen LogP) is 4.64. The average Bonchev–Trinajstić information content (AvgIpc) is 3.31. The summed E-state index contributed by atoms with van der Waals surface area (Å²) in [5.41, 5.74) is 3.27. The molecule has 1 heterocycles. The van der Waals surface area contributed by atoms with Gasteiger partial charge in [0.05, 0.1) is 16.9 Å². The van der Waals surface area contributed by atoms with Crippen LogP contribution in [0.4, 0.5) is 8.78 Å². The minimum atomic E-state index is -0.925. The lowest BCUT2D eigenvalue weighted by Crippen LogP contribution is -2.28. The monoisotopic (exact) mass is 474 g/mol. The fourth-order valence-corrected chi connectivity index (χ4v) is 3.59. The molecule has 0 saturated heterocycles. The number of carbonyl (C=O) groups excluding carboxylic acids is 2. The van der Waals surface area contributed by atoms with Gasteiger partial charge >= 0.3 is 0 Å². The molecule has 0 atom stereocenters. The molecule has 1 aromatic heterocycles. The molecule has 0 bridgehead atoms. The Balaban J connectivity index is 1.33. The molecule has 0 aliphatic rings. The van der Waals surface area contributed by atoms with Crippen molar-refractivity contribution in [2.45, 2.75) is 19.4 Å². The van der Waals surface area contributed by atoms with Gasteiger partial charge in [0.1, 0.15) is 11.6 Å². The summed E-state index contributed by atoms with van der Waals surface area (Å²) in [6.45, 7) is 0.479. The second-order valence-corrected chi connectivity index (χ2v) is 7.91. The first-order valence-corrected chi connectivity index (χ1v) is 11.2. The molecule has 2 amide bonds. The van der Waals surface area contributed by atoms with Gasteiger partial charge in [-0.1, -0.05) is 48.5 Å². The second kappa shape index (κ2) is 11.2. The lowest BCUT2D eigenvalue weighted by atomic mass is 10.1. The molecule has 2 N–H and O–H groups in total. The molecule has 0 fully saturated rings. The molecule has 35 heavy (non-hydrogen) atoms. The van der Waals surface area contributed by atoms with Gasteiger partial charge < -0.3 is 10.6 Å². The highest BCUT2D eigenvalue weighted by atomic mass is 19.1. The Labute approximate surface area is 201 Å². The van der Waals surface area contributed by atoms with Crippen molar-refractivity contribution >= 4 is 11.8 Å². The van der Waals surface area contributed by atoms with Crippen LogP contribution in [-0.2, 0) is 11.3 Å². The lowest BCUT2D eigenvalue weighted by Gasteiger charge is -2.08. The van der Waals surface area contributed by atoms with Crippen LogP contribution in [0.25, 0.3) is 16.9 Å². The molecule has 0 radical (unpaired) electrons. The summed E-state index contributed by atoms with van der Waals surface area (Å²) >= 11 is 0. The molecule has 0 aliphatic carbocycles. The molecule has 0 saturated carbocycles. The summed E-state index contributed by atoms with van der Waals surface area (Å²) in [6.07, 6.45) is 2.45. The van der Waals surface area contributed by atoms with Crippen LogP contribution < -0.4 is 10.6 Å². The predicted molar refractivity (Wildman–Crippen MR) is 129 cm³/mol. The van der Waals surface area contributed by atoms with Crippen LogP contribution >= 0.6 is 0 Å². The van der Waals surface area contributed by atoms with Crippen molar-refractivity contribution in [3.8, 4) is 16.9 Å². The summed E-state index contributed by atoms with van der Waals surface area (Å²) in [6, 6.07) is 22.2. The largest absolute Gasteiger partial charge is 0.352 e. The van der Waals surface area contributed by atoms with Crippen molar-refractivity contribution < 1.29 is 18.4 Å². The highest BCUT2D eigenvalue weighted by Gasteiger charge is 2.14. The van der Waals surface area contributed by atoms with Crippen molar-refractivity contribution in [2.24, 2.45) is 0 Å². The summed E-state index contributed by atoms with van der Waals surface area (Å²) < 4.78 is 28.5. The number of aromatic nitrogens is 2. The maximum Gasteiger partial charge on any atom is 0.254 e. The normalized spacial score (nSPS) is 10.7. The standard InChI is InChI=1S/C27H24F2N4O2/c28-21-13-14-23(24(29)16-21)27(35)30-15-7-12-25(34)31-17-20-18-33(22-10-5-2-6-11-22)32-26(20)19-8-3-1-4-9-19/h1-6,8-11,13-14,16,18H,7,12,15,17H2,(H,30,35)(H,31,34). The third-order valence-corrected chi connectivity index (χ3v) is 5.38. The molecule has 178 valence electrons. The lowest BCUT2D eigenvalue weighted by molar-refractivity contribution is -0.121. The van der Waals surface area contributed by atoms with E-state index in [-0.39, 0.29) is 24.4 Å². The molecule has 6 nitrogen and oxygen atoms in total. The van der Waals surface area contributed by atoms with Crippen LogP contribution in [0.5, 0.6) is 0 Å². The maximum atomic E-state index is 13.7. The van der Waals surface area contributed by atoms with E-state index in [4.69, 9.17) is 5.10 Å². The van der Waals surface area contributed by atoms with Gasteiger partial charge in [-0.3, -0.25) is 9.59 Å². The molecular formula is C27H24F2N4O2. The van der Waals surface area contributed by atoms with Gasteiger partial charge in [0, 0.05) is 42.9 Å². The van der Waals surface area contributed by atoms with Crippen LogP contribution in [0.2, 0.25) is 0 Å². The smallest absolute Gasteiger partial charge is 0.254 e. The highest BCUT2D eigenvalue weighted by Crippen LogP contribution is 2.23. The molecule has 3 aromatic carbocycles. The molecule has 4 aromatic rings. The topological polar surface area (TPSA) is 76.0 Å². The Morgan fingerprint density at radius 2 is 1.60 bits per heavy atom. The first-order valence-electron chi connectivity index (χ1n) is 11.2. The fourth-order valence-electron chi connectivity index (χ4n) is 3.59. The Morgan fingerprint density at radius 1 is 0.886 bits per heavy atom. The van der Waals surface area contributed by atoms with Gasteiger partial charge in [-0.25, -0.2) is 13.5 Å². The maximum absolute atomic E-state index is 13.7. The number of benzene rings is 3. The highest BCUT2D eigenvalue weighted by molar-refractivity contribution is 5.94. The van der Waals surface area contributed by atoms with Crippen molar-refractivity contribution in [3.05, 3.63) is 108 Å². The molecule has 0 aliphatic heterocycles. The summed E-state index contributed by atoms with van der Waals surface area (Å²) in [7, 11) is 0. The fraction of sp³-hybridized carbons (Fsp3) is 0.148. The molecule has 0 unspecified atom stereocenters. The van der Waals surface area contributed by atoms with Crippen LogP contribution in [-0.4, -0.2) is 28.1 Å². The molecule has 8 heteroatoms. The van der Waals surface area contributed by atoms with Crippen molar-refractivity contribution in [1.29, 1.82) is 0 Å². The van der Waals surface area contributed by atoms with E-state index in [2.05, 4.69) is 10.6 Å². The third-order valence-electron chi connectivity index (χ3n) is 5.38. The summed E-state index contributed by atoms with van der Waals surface area (Å²) in [4.78, 5) is 24.4. The number of halogens is 2. The number of rotatable bonds is 9. The second-order valence-electron chi connectivity index (χ2n) is 7.91. The minimum Gasteiger partial charge on any atom is -0.352 e. The SMILES string of the molecule is O=C(CCCNC(=O)c1ccc(F)cc1F)NCc1cn(-c2ccccc2)nc1-c1ccccc1. The van der Waals surface area contributed by atoms with Crippen LogP contribution in [0, 0.1) is 11.6 Å². The van der Waals surface area contributed by atoms with E-state index in [1.165, 1.54) is 0 Å². The average molecular weight is 475 g/mol. The quantitative estimate of drug-likeness (QED) is 0.347. The molecule has 0 spiro atoms. The Bertz CT molecular complexity index is 1310. The van der Waals surface area contributed by atoms with E-state index in [1.807, 2.05) is 66.9 Å². The number of nitrogens with zero attached hydrogens (tertiary/aromatic N) is 2. The number of carbonyl (C=O) groups is 2. The summed E-state index contributed by atoms with van der Waals surface area (Å²) in [5.74, 6) is -2.51. The number of amides is 2. The van der Waals surface area contributed by atoms with E-state index < -0.39 is 17.5 Å². The van der Waals surface area contributed by atoms with Gasteiger partial charge in [0.25, 0.3) is 5.91 Å². The summed E-state index contributed by atoms with van der Waals surface area (Å²) in [5, 5.41) is 10.2. The van der Waals surface area contributed by atoms with Gasteiger partial charge in [-0.2, -0.15) is 5.10 Å². The van der Waals surface area contributed by atoms with Crippen molar-refractivity contribution in [3.63, 3.8) is 0 Å². The number of nitrogens with one attached hydrogen (secondary N) is 2. The van der Waals surface area contributed by atoms with Crippen molar-refractivity contribution in [2.75, 3.05) is 6.54 Å². The minimum absolute atomic E-state index is 0.180. The van der Waals surface area contributed by atoms with Gasteiger partial charge in [-0.15, -0.1) is 0 Å². The van der Waals surface area contributed by atoms with E-state index in [0.717, 1.165) is 34.6 Å². The Morgan fingerprint density at radius 3 is 2.31 bits per heavy atom. The van der Waals surface area contributed by atoms with Crippen LogP contribution in [0.3, 0.4) is 0 Å². The van der Waals surface area contributed by atoms with E-state index >= 15 is 0 Å². The first kappa shape index (κ1) is 23.8. The Kier molecular flexibility index (Phi) is 7.62. The Hall–Kier alpha value is -4.33. The van der Waals surface area contributed by atoms with Crippen LogP contribution in [0.1, 0.15) is 28.8 Å². The third kappa shape index (κ3) is 6.17. The van der Waals surface area contributed by atoms with Gasteiger partial charge in [0.15, 0.2) is 0 Å². The first-order chi connectivity index (χ1) is 17.0. The van der Waals surface area contributed by atoms with Crippen molar-refractivity contribution in [1.82, 2.24) is 20.4 Å². The van der Waals surface area contributed by atoms with Gasteiger partial charge in [-0.05, 0) is 30.7 Å². The van der Waals surface area contributed by atoms with Crippen LogP contribution in [0.15, 0.2) is 85.1 Å². The number of para-hydroxylation sites is 1. The van der Waals surface area contributed by atoms with E-state index in [0.29, 0.717) is 19.0 Å².